The molecule has 3 heterocycles. The topological polar surface area (TPSA) is 124 Å². The Morgan fingerprint density at radius 2 is 1.86 bits per heavy atom. The van der Waals surface area contributed by atoms with Crippen molar-refractivity contribution >= 4 is 33.0 Å². The van der Waals surface area contributed by atoms with Crippen LogP contribution in [0.15, 0.2) is 70.0 Å². The molecule has 0 amide bonds. The molecule has 3 N–H and O–H groups in total. The van der Waals surface area contributed by atoms with Gasteiger partial charge >= 0.3 is 17.7 Å². The molecule has 0 atom stereocenters. The first kappa shape index (κ1) is 24.1. The van der Waals surface area contributed by atoms with E-state index in [0.717, 1.165) is 33.7 Å². The number of alkyl halides is 3. The molecule has 0 saturated heterocycles. The zero-order chi connectivity index (χ0) is 26.3. The van der Waals surface area contributed by atoms with Crippen molar-refractivity contribution in [3.8, 4) is 28.4 Å². The quantitative estimate of drug-likeness (QED) is 0.249. The number of H-pyrrole nitrogens is 1. The van der Waals surface area contributed by atoms with E-state index in [1.165, 1.54) is 12.1 Å². The molecule has 0 aliphatic heterocycles. The number of carbonyl (C=O) groups excluding carboxylic acids is 1. The molecule has 0 aliphatic carbocycles. The van der Waals surface area contributed by atoms with E-state index in [2.05, 4.69) is 15.0 Å². The summed E-state index contributed by atoms with van der Waals surface area (Å²) in [7, 11) is 1.56. The maximum atomic E-state index is 13.4. The first-order valence-corrected chi connectivity index (χ1v) is 11.3. The van der Waals surface area contributed by atoms with Crippen molar-refractivity contribution in [1.29, 1.82) is 0 Å². The van der Waals surface area contributed by atoms with Gasteiger partial charge in [0.05, 0.1) is 18.5 Å². The summed E-state index contributed by atoms with van der Waals surface area (Å²) in [6, 6.07) is 15.3. The molecule has 188 valence electrons. The van der Waals surface area contributed by atoms with E-state index in [4.69, 9.17) is 15.0 Å². The number of fused-ring (bicyclic) bond motifs is 1. The summed E-state index contributed by atoms with van der Waals surface area (Å²) in [5.41, 5.74) is 6.56. The number of benzene rings is 2. The molecule has 0 fully saturated rings. The van der Waals surface area contributed by atoms with Crippen LogP contribution in [-0.2, 0) is 0 Å². The summed E-state index contributed by atoms with van der Waals surface area (Å²) < 4.78 is 52.3. The van der Waals surface area contributed by atoms with E-state index < -0.39 is 29.2 Å². The van der Waals surface area contributed by atoms with Crippen molar-refractivity contribution in [3.63, 3.8) is 0 Å². The van der Waals surface area contributed by atoms with Gasteiger partial charge in [0, 0.05) is 23.1 Å². The molecular formula is C24H16F3N4O5S+. The fourth-order valence-electron chi connectivity index (χ4n) is 3.66. The second kappa shape index (κ2) is 9.09. The number of nitrogens with one attached hydrogen (secondary N) is 1. The number of methoxy groups -OCH3 is 1. The average Bonchev–Trinajstić information content (AvgIpc) is 3.42. The van der Waals surface area contributed by atoms with Gasteiger partial charge in [0.15, 0.2) is 0 Å². The number of hydrogen-bond donors (Lipinski definition) is 2. The average molecular weight is 529 g/mol. The standard InChI is InChI=1S/C24H15F3N4O5S/c1-34-15-4-2-3-12(11-15)17-10-9-16-18(28)21(37-22(16)29-17)20(32)19-23(33)36-30-31(19)13-5-7-14(8-6-13)35-24(25,26)27/h2-11H,1H3,(H2-,28,30,32,33)/p+1. The van der Waals surface area contributed by atoms with Gasteiger partial charge in [0.2, 0.25) is 5.69 Å². The highest BCUT2D eigenvalue weighted by Crippen LogP contribution is 2.35. The zero-order valence-electron chi connectivity index (χ0n) is 18.8. The van der Waals surface area contributed by atoms with Gasteiger partial charge in [0.25, 0.3) is 5.78 Å². The molecule has 0 aliphatic rings. The highest BCUT2D eigenvalue weighted by molar-refractivity contribution is 7.21. The lowest BCUT2D eigenvalue weighted by molar-refractivity contribution is -0.672. The number of ketones is 1. The molecular weight excluding hydrogens is 513 g/mol. The van der Waals surface area contributed by atoms with Crippen molar-refractivity contribution < 1.29 is 36.6 Å². The Hall–Kier alpha value is -4.65. The Morgan fingerprint density at radius 3 is 2.57 bits per heavy atom. The Balaban J connectivity index is 1.52. The Bertz CT molecular complexity index is 1690. The molecule has 37 heavy (non-hydrogen) atoms. The number of halogens is 3. The SMILES string of the molecule is COc1cccc(-c2ccc3c(N)c(C(=O)c4c(=O)o[nH][n+]4-c4ccc(OC(F)(F)F)cc4)sc3n2)c1. The smallest absolute Gasteiger partial charge is 0.497 e. The molecule has 0 spiro atoms. The van der Waals surface area contributed by atoms with Crippen molar-refractivity contribution in [2.75, 3.05) is 12.8 Å². The third-order valence-electron chi connectivity index (χ3n) is 5.36. The van der Waals surface area contributed by atoms with Crippen molar-refractivity contribution in [2.24, 2.45) is 0 Å². The fourth-order valence-corrected chi connectivity index (χ4v) is 4.70. The van der Waals surface area contributed by atoms with Gasteiger partial charge in [-0.25, -0.2) is 9.78 Å². The molecule has 5 aromatic rings. The van der Waals surface area contributed by atoms with Gasteiger partial charge in [-0.2, -0.15) is 0 Å². The molecule has 0 radical (unpaired) electrons. The van der Waals surface area contributed by atoms with Crippen molar-refractivity contribution in [2.45, 2.75) is 6.36 Å². The number of anilines is 1. The molecule has 13 heteroatoms. The van der Waals surface area contributed by atoms with Crippen LogP contribution >= 0.6 is 11.3 Å². The van der Waals surface area contributed by atoms with E-state index in [0.29, 0.717) is 21.7 Å². The molecule has 3 aromatic heterocycles. The highest BCUT2D eigenvalue weighted by Gasteiger charge is 2.35. The summed E-state index contributed by atoms with van der Waals surface area (Å²) in [6.07, 6.45) is -4.86. The minimum atomic E-state index is -4.86. The van der Waals surface area contributed by atoms with E-state index in [1.807, 2.05) is 18.2 Å². The molecule has 0 saturated carbocycles. The van der Waals surface area contributed by atoms with Crippen molar-refractivity contribution in [3.05, 3.63) is 81.7 Å². The number of aromatic amines is 1. The van der Waals surface area contributed by atoms with Gasteiger partial charge in [-0.3, -0.25) is 9.32 Å². The predicted molar refractivity (Wildman–Crippen MR) is 127 cm³/mol. The number of carbonyl (C=O) groups is 1. The predicted octanol–water partition coefficient (Wildman–Crippen LogP) is 4.24. The minimum absolute atomic E-state index is 0.0583. The first-order chi connectivity index (χ1) is 17.6. The highest BCUT2D eigenvalue weighted by atomic mass is 32.1. The zero-order valence-corrected chi connectivity index (χ0v) is 19.6. The Morgan fingerprint density at radius 1 is 1.11 bits per heavy atom. The van der Waals surface area contributed by atoms with Crippen LogP contribution in [0.3, 0.4) is 0 Å². The van der Waals surface area contributed by atoms with E-state index in [-0.39, 0.29) is 16.3 Å². The number of aromatic nitrogens is 3. The molecule has 2 aromatic carbocycles. The lowest BCUT2D eigenvalue weighted by Crippen LogP contribution is -2.41. The largest absolute Gasteiger partial charge is 0.573 e. The van der Waals surface area contributed by atoms with Gasteiger partial charge < -0.3 is 15.2 Å². The Kier molecular flexibility index (Phi) is 5.91. The maximum absolute atomic E-state index is 13.4. The third-order valence-corrected chi connectivity index (χ3v) is 6.47. The lowest BCUT2D eigenvalue weighted by Gasteiger charge is -2.07. The van der Waals surface area contributed by atoms with Gasteiger partial charge in [-0.05, 0) is 46.4 Å². The number of thiophene rings is 1. The summed E-state index contributed by atoms with van der Waals surface area (Å²) in [4.78, 5) is 31.0. The normalized spacial score (nSPS) is 11.6. The van der Waals surface area contributed by atoms with Crippen molar-refractivity contribution in [1.82, 2.24) is 10.3 Å². The lowest BCUT2D eigenvalue weighted by atomic mass is 10.1. The maximum Gasteiger partial charge on any atom is 0.573 e. The number of pyridine rings is 1. The molecule has 5 rings (SSSR count). The second-order valence-corrected chi connectivity index (χ2v) is 8.66. The number of hydrogen-bond acceptors (Lipinski definition) is 8. The van der Waals surface area contributed by atoms with E-state index in [1.54, 1.807) is 25.3 Å². The third kappa shape index (κ3) is 4.63. The number of ether oxygens (including phenoxy) is 2. The van der Waals surface area contributed by atoms with Gasteiger partial charge in [0.1, 0.15) is 21.2 Å². The summed E-state index contributed by atoms with van der Waals surface area (Å²) >= 11 is 1.00. The minimum Gasteiger partial charge on any atom is -0.497 e. The summed E-state index contributed by atoms with van der Waals surface area (Å²) in [5.74, 6) is -0.557. The van der Waals surface area contributed by atoms with E-state index in [9.17, 15) is 22.8 Å². The monoisotopic (exact) mass is 529 g/mol. The molecule has 0 unspecified atom stereocenters. The van der Waals surface area contributed by atoms with Crippen LogP contribution in [-0.4, -0.2) is 29.5 Å². The Labute approximate surface area is 209 Å². The number of nitrogens with zero attached hydrogens (tertiary/aromatic N) is 2. The second-order valence-electron chi connectivity index (χ2n) is 7.66. The number of nitrogen functional groups attached to an aromatic ring is 1. The van der Waals surface area contributed by atoms with Crippen LogP contribution in [0.1, 0.15) is 15.4 Å². The molecule has 9 nitrogen and oxygen atoms in total. The van der Waals surface area contributed by atoms with Crippen LogP contribution in [0.5, 0.6) is 11.5 Å². The van der Waals surface area contributed by atoms with Gasteiger partial charge in [-0.1, -0.05) is 12.1 Å². The number of nitrogens with two attached hydrogens (primary N) is 1. The molecule has 0 bridgehead atoms. The van der Waals surface area contributed by atoms with Crippen LogP contribution in [0.2, 0.25) is 0 Å². The fraction of sp³-hybridized carbons (Fsp3) is 0.0833. The van der Waals surface area contributed by atoms with E-state index >= 15 is 0 Å². The van der Waals surface area contributed by atoms with Crippen LogP contribution < -0.4 is 25.5 Å². The summed E-state index contributed by atoms with van der Waals surface area (Å²) in [5, 5.41) is 2.81. The summed E-state index contributed by atoms with van der Waals surface area (Å²) in [6.45, 7) is 0. The van der Waals surface area contributed by atoms with Crippen LogP contribution in [0.4, 0.5) is 18.9 Å². The number of rotatable bonds is 6. The van der Waals surface area contributed by atoms with Crippen LogP contribution in [0.25, 0.3) is 27.2 Å². The van der Waals surface area contributed by atoms with Crippen LogP contribution in [0, 0.1) is 0 Å². The van der Waals surface area contributed by atoms with Gasteiger partial charge in [-0.15, -0.1) is 24.5 Å². The first-order valence-electron chi connectivity index (χ1n) is 10.5.